The predicted molar refractivity (Wildman–Crippen MR) is 104 cm³/mol. The molecule has 11 heteroatoms. The third-order valence-electron chi connectivity index (χ3n) is 4.57. The number of benzene rings is 1. The molecule has 1 unspecified atom stereocenters. The van der Waals surface area contributed by atoms with Crippen molar-refractivity contribution >= 4 is 29.5 Å². The Hall–Kier alpha value is -3.47. The molecule has 0 aliphatic carbocycles. The number of nitrogens with one attached hydrogen (secondary N) is 3. The Bertz CT molecular complexity index is 800. The van der Waals surface area contributed by atoms with Gasteiger partial charge in [0.2, 0.25) is 29.5 Å². The minimum atomic E-state index is -1.09. The van der Waals surface area contributed by atoms with Crippen LogP contribution in [-0.4, -0.2) is 71.8 Å². The molecule has 0 aromatic heterocycles. The van der Waals surface area contributed by atoms with Gasteiger partial charge in [-0.25, -0.2) is 0 Å². The van der Waals surface area contributed by atoms with E-state index in [9.17, 15) is 24.0 Å². The average Bonchev–Trinajstić information content (AvgIpc) is 3.24. The van der Waals surface area contributed by atoms with Crippen LogP contribution >= 0.6 is 0 Å². The Labute approximate surface area is 173 Å². The monoisotopic (exact) mass is 419 g/mol. The van der Waals surface area contributed by atoms with Gasteiger partial charge in [-0.1, -0.05) is 30.3 Å². The van der Waals surface area contributed by atoms with Crippen molar-refractivity contribution in [2.75, 3.05) is 26.2 Å². The molecular weight excluding hydrogens is 394 g/mol. The Kier molecular flexibility index (Phi) is 8.29. The van der Waals surface area contributed by atoms with Crippen LogP contribution in [0.2, 0.25) is 0 Å². The topological polar surface area (TPSA) is 171 Å². The summed E-state index contributed by atoms with van der Waals surface area (Å²) in [6.45, 7) is -1.15. The first-order valence-corrected chi connectivity index (χ1v) is 9.41. The number of primary amides is 1. The molecule has 1 saturated heterocycles. The molecule has 1 aliphatic heterocycles. The molecule has 6 N–H and O–H groups in total. The molecular formula is C19H25N5O6. The summed E-state index contributed by atoms with van der Waals surface area (Å²) >= 11 is 0. The Morgan fingerprint density at radius 1 is 1.10 bits per heavy atom. The molecule has 0 spiro atoms. The van der Waals surface area contributed by atoms with Crippen LogP contribution < -0.4 is 21.7 Å². The van der Waals surface area contributed by atoms with Crippen molar-refractivity contribution in [3.63, 3.8) is 0 Å². The van der Waals surface area contributed by atoms with Crippen molar-refractivity contribution in [1.29, 1.82) is 0 Å². The summed E-state index contributed by atoms with van der Waals surface area (Å²) in [7, 11) is 0. The number of carbonyl (C=O) groups excluding carboxylic acids is 5. The number of carbonyl (C=O) groups is 5. The second-order valence-electron chi connectivity index (χ2n) is 6.72. The first-order chi connectivity index (χ1) is 14.3. The third kappa shape index (κ3) is 6.27. The van der Waals surface area contributed by atoms with Gasteiger partial charge in [-0.3, -0.25) is 24.0 Å². The van der Waals surface area contributed by atoms with Gasteiger partial charge in [0.25, 0.3) is 0 Å². The first-order valence-electron chi connectivity index (χ1n) is 9.41. The molecule has 2 rings (SSSR count). The largest absolute Gasteiger partial charge is 0.387 e. The normalized spacial score (nSPS) is 16.4. The van der Waals surface area contributed by atoms with Crippen molar-refractivity contribution in [3.8, 4) is 0 Å². The van der Waals surface area contributed by atoms with Gasteiger partial charge in [-0.05, 0) is 18.4 Å². The van der Waals surface area contributed by atoms with Gasteiger partial charge >= 0.3 is 0 Å². The molecule has 5 amide bonds. The van der Waals surface area contributed by atoms with E-state index < -0.39 is 48.2 Å². The fourth-order valence-corrected chi connectivity index (χ4v) is 3.15. The number of aliphatic hydroxyl groups is 1. The quantitative estimate of drug-likeness (QED) is 0.297. The van der Waals surface area contributed by atoms with Crippen molar-refractivity contribution in [1.82, 2.24) is 20.9 Å². The highest BCUT2D eigenvalue weighted by Crippen LogP contribution is 2.18. The molecule has 11 nitrogen and oxygen atoms in total. The third-order valence-corrected chi connectivity index (χ3v) is 4.57. The van der Waals surface area contributed by atoms with Crippen LogP contribution in [0, 0.1) is 0 Å². The zero-order valence-corrected chi connectivity index (χ0v) is 16.3. The fourth-order valence-electron chi connectivity index (χ4n) is 3.15. The van der Waals surface area contributed by atoms with Gasteiger partial charge in [0.1, 0.15) is 18.7 Å². The molecule has 0 bridgehead atoms. The molecule has 162 valence electrons. The summed E-state index contributed by atoms with van der Waals surface area (Å²) in [6, 6.07) is 6.54. The smallest absolute Gasteiger partial charge is 0.247 e. The lowest BCUT2D eigenvalue weighted by atomic mass is 10.1. The summed E-state index contributed by atoms with van der Waals surface area (Å²) in [4.78, 5) is 61.1. The van der Waals surface area contributed by atoms with Crippen LogP contribution in [0.5, 0.6) is 0 Å². The number of hydrogen-bond acceptors (Lipinski definition) is 6. The Balaban J connectivity index is 1.98. The van der Waals surface area contributed by atoms with Crippen molar-refractivity contribution in [2.24, 2.45) is 5.73 Å². The number of nitrogens with two attached hydrogens (primary N) is 1. The molecule has 30 heavy (non-hydrogen) atoms. The second-order valence-corrected chi connectivity index (χ2v) is 6.72. The molecule has 1 heterocycles. The molecule has 1 fully saturated rings. The van der Waals surface area contributed by atoms with Gasteiger partial charge < -0.3 is 31.7 Å². The molecule has 0 saturated carbocycles. The van der Waals surface area contributed by atoms with E-state index in [0.29, 0.717) is 24.9 Å². The predicted octanol–water partition coefficient (Wildman–Crippen LogP) is -2.46. The van der Waals surface area contributed by atoms with Crippen LogP contribution in [0.25, 0.3) is 0 Å². The Morgan fingerprint density at radius 2 is 1.80 bits per heavy atom. The molecule has 2 atom stereocenters. The van der Waals surface area contributed by atoms with Crippen LogP contribution in [0.15, 0.2) is 30.3 Å². The first kappa shape index (κ1) is 22.8. The van der Waals surface area contributed by atoms with Crippen molar-refractivity contribution in [2.45, 2.75) is 24.9 Å². The van der Waals surface area contributed by atoms with E-state index in [4.69, 9.17) is 10.8 Å². The summed E-state index contributed by atoms with van der Waals surface area (Å²) < 4.78 is 0. The highest BCUT2D eigenvalue weighted by molar-refractivity contribution is 5.94. The van der Waals surface area contributed by atoms with E-state index in [1.807, 2.05) is 0 Å². The van der Waals surface area contributed by atoms with E-state index in [0.717, 1.165) is 0 Å². The minimum absolute atomic E-state index is 0.322. The lowest BCUT2D eigenvalue weighted by molar-refractivity contribution is -0.139. The fraction of sp³-hybridized carbons (Fsp3) is 0.421. The van der Waals surface area contributed by atoms with Gasteiger partial charge in [0.15, 0.2) is 0 Å². The number of nitrogens with zero attached hydrogens (tertiary/aromatic N) is 1. The minimum Gasteiger partial charge on any atom is -0.387 e. The van der Waals surface area contributed by atoms with E-state index in [2.05, 4.69) is 16.0 Å². The summed E-state index contributed by atoms with van der Waals surface area (Å²) in [6.07, 6.45) is 1.04. The lowest BCUT2D eigenvalue weighted by Gasteiger charge is -2.24. The maximum absolute atomic E-state index is 12.6. The molecule has 1 aromatic rings. The van der Waals surface area contributed by atoms with Gasteiger partial charge in [-0.15, -0.1) is 0 Å². The van der Waals surface area contributed by atoms with Crippen molar-refractivity contribution < 1.29 is 29.1 Å². The number of hydrogen-bond donors (Lipinski definition) is 5. The van der Waals surface area contributed by atoms with E-state index in [-0.39, 0.29) is 13.1 Å². The lowest BCUT2D eigenvalue weighted by Crippen LogP contribution is -2.51. The average molecular weight is 419 g/mol. The summed E-state index contributed by atoms with van der Waals surface area (Å²) in [5, 5.41) is 16.2. The number of aliphatic hydroxyl groups excluding tert-OH is 1. The maximum Gasteiger partial charge on any atom is 0.247 e. The van der Waals surface area contributed by atoms with Gasteiger partial charge in [0, 0.05) is 6.54 Å². The van der Waals surface area contributed by atoms with Crippen LogP contribution in [0.4, 0.5) is 0 Å². The van der Waals surface area contributed by atoms with Crippen molar-refractivity contribution in [3.05, 3.63) is 35.9 Å². The highest BCUT2D eigenvalue weighted by Gasteiger charge is 2.34. The molecule has 1 aromatic carbocycles. The standard InChI is InChI=1S/C19H25N5O6/c20-14(26)9-21-18(29)13-7-4-8-24(13)16(28)10-22-19(30)17(23-15(27)11-25)12-5-2-1-3-6-12/h1-3,5-6,13,17,25H,4,7-11H2,(H2,20,26)(H,21,29)(H,22,30)(H,23,27)/t13?,17-/m1/s1. The van der Waals surface area contributed by atoms with E-state index >= 15 is 0 Å². The SMILES string of the molecule is NC(=O)CNC(=O)C1CCCN1C(=O)CNC(=O)[C@H](NC(=O)CO)c1ccccc1. The maximum atomic E-state index is 12.6. The molecule has 1 aliphatic rings. The van der Waals surface area contributed by atoms with Crippen LogP contribution in [0.3, 0.4) is 0 Å². The second kappa shape index (κ2) is 10.9. The van der Waals surface area contributed by atoms with Crippen LogP contribution in [0.1, 0.15) is 24.4 Å². The molecule has 0 radical (unpaired) electrons. The summed E-state index contributed by atoms with van der Waals surface area (Å²) in [5.74, 6) is -3.02. The van der Waals surface area contributed by atoms with E-state index in [1.54, 1.807) is 30.3 Å². The number of rotatable bonds is 9. The zero-order valence-electron chi connectivity index (χ0n) is 16.3. The van der Waals surface area contributed by atoms with E-state index in [1.165, 1.54) is 4.90 Å². The highest BCUT2D eigenvalue weighted by atomic mass is 16.3. The number of amides is 5. The van der Waals surface area contributed by atoms with Crippen LogP contribution in [-0.2, 0) is 24.0 Å². The Morgan fingerprint density at radius 3 is 2.43 bits per heavy atom. The van der Waals surface area contributed by atoms with Gasteiger partial charge in [0.05, 0.1) is 13.1 Å². The van der Waals surface area contributed by atoms with Gasteiger partial charge in [-0.2, -0.15) is 0 Å². The number of likely N-dealkylation sites (tertiary alicyclic amines) is 1. The zero-order chi connectivity index (χ0) is 22.1. The summed E-state index contributed by atoms with van der Waals surface area (Å²) in [5.41, 5.74) is 5.49.